The molecule has 146 valence electrons. The number of ketones is 1. The molecule has 3 aromatic rings. The summed E-state index contributed by atoms with van der Waals surface area (Å²) in [6, 6.07) is 8.85. The number of alkyl halides is 3. The van der Waals surface area contributed by atoms with Crippen LogP contribution in [0.1, 0.15) is 27.3 Å². The van der Waals surface area contributed by atoms with Gasteiger partial charge in [0.05, 0.1) is 12.1 Å². The van der Waals surface area contributed by atoms with Gasteiger partial charge < -0.3 is 9.13 Å². The second-order valence-electron chi connectivity index (χ2n) is 6.40. The van der Waals surface area contributed by atoms with E-state index in [-0.39, 0.29) is 5.56 Å². The van der Waals surface area contributed by atoms with E-state index in [1.165, 1.54) is 18.2 Å². The van der Waals surface area contributed by atoms with Gasteiger partial charge in [-0.3, -0.25) is 9.59 Å². The minimum absolute atomic E-state index is 0.256. The van der Waals surface area contributed by atoms with E-state index in [0.717, 1.165) is 10.6 Å². The summed E-state index contributed by atoms with van der Waals surface area (Å²) in [5.74, 6) is -0.953. The van der Waals surface area contributed by atoms with Gasteiger partial charge in [-0.1, -0.05) is 6.07 Å². The second-order valence-corrected chi connectivity index (χ2v) is 6.40. The number of aryl methyl sites for hydroxylation is 1. The van der Waals surface area contributed by atoms with Crippen LogP contribution in [0, 0.1) is 19.7 Å². The highest BCUT2D eigenvalue weighted by atomic mass is 19.4. The summed E-state index contributed by atoms with van der Waals surface area (Å²) in [6.07, 6.45) is -3.99. The Balaban J connectivity index is 1.97. The standard InChI is InChI=1S/C20H16F4N2O2/c1-12-8-17(13(2)26(12)16-5-3-4-15(21)9-16)18(27)11-25-10-14(20(22,23)24)6-7-19(25)28/h3-10H,11H2,1-2H3. The highest BCUT2D eigenvalue weighted by molar-refractivity contribution is 5.97. The molecule has 0 atom stereocenters. The number of aromatic nitrogens is 2. The van der Waals surface area contributed by atoms with Crippen LogP contribution in [0.15, 0.2) is 53.5 Å². The van der Waals surface area contributed by atoms with E-state index in [0.29, 0.717) is 29.3 Å². The number of halogens is 4. The fourth-order valence-electron chi connectivity index (χ4n) is 3.12. The molecule has 0 bridgehead atoms. The van der Waals surface area contributed by atoms with Crippen LogP contribution in [-0.2, 0) is 12.7 Å². The zero-order chi connectivity index (χ0) is 20.6. The van der Waals surface area contributed by atoms with E-state index in [4.69, 9.17) is 0 Å². The van der Waals surface area contributed by atoms with Crippen LogP contribution in [0.3, 0.4) is 0 Å². The molecular weight excluding hydrogens is 376 g/mol. The van der Waals surface area contributed by atoms with Crippen LogP contribution in [0.2, 0.25) is 0 Å². The van der Waals surface area contributed by atoms with E-state index in [1.807, 2.05) is 0 Å². The van der Waals surface area contributed by atoms with Crippen molar-refractivity contribution in [3.8, 4) is 5.69 Å². The first-order valence-corrected chi connectivity index (χ1v) is 8.33. The molecule has 0 aliphatic carbocycles. The van der Waals surface area contributed by atoms with Gasteiger partial charge in [-0.2, -0.15) is 13.2 Å². The highest BCUT2D eigenvalue weighted by Gasteiger charge is 2.31. The zero-order valence-electron chi connectivity index (χ0n) is 15.0. The Labute approximate surface area is 157 Å². The normalized spacial score (nSPS) is 11.6. The van der Waals surface area contributed by atoms with Crippen LogP contribution in [-0.4, -0.2) is 14.9 Å². The van der Waals surface area contributed by atoms with Gasteiger partial charge in [0, 0.05) is 34.9 Å². The number of carbonyl (C=O) groups is 1. The van der Waals surface area contributed by atoms with E-state index in [2.05, 4.69) is 0 Å². The highest BCUT2D eigenvalue weighted by Crippen LogP contribution is 2.28. The number of Topliss-reactive ketones (excluding diaryl/α,β-unsaturated/α-hetero) is 1. The quantitative estimate of drug-likeness (QED) is 0.491. The van der Waals surface area contributed by atoms with Gasteiger partial charge in [0.2, 0.25) is 0 Å². The summed E-state index contributed by atoms with van der Waals surface area (Å²) in [5.41, 5.74) is 0.220. The van der Waals surface area contributed by atoms with Gasteiger partial charge in [-0.15, -0.1) is 0 Å². The Kier molecular flexibility index (Phi) is 4.97. The van der Waals surface area contributed by atoms with Gasteiger partial charge in [-0.05, 0) is 44.2 Å². The Bertz CT molecular complexity index is 1110. The van der Waals surface area contributed by atoms with E-state index >= 15 is 0 Å². The van der Waals surface area contributed by atoms with Gasteiger partial charge >= 0.3 is 6.18 Å². The molecule has 3 rings (SSSR count). The maximum atomic E-state index is 13.5. The van der Waals surface area contributed by atoms with Crippen LogP contribution >= 0.6 is 0 Å². The maximum absolute atomic E-state index is 13.5. The molecule has 1 aromatic carbocycles. The van der Waals surface area contributed by atoms with Gasteiger partial charge in [0.15, 0.2) is 5.78 Å². The summed E-state index contributed by atoms with van der Waals surface area (Å²) in [5, 5.41) is 0. The van der Waals surface area contributed by atoms with Crippen molar-refractivity contribution in [3.05, 3.63) is 87.3 Å². The van der Waals surface area contributed by atoms with Gasteiger partial charge in [0.25, 0.3) is 5.56 Å². The van der Waals surface area contributed by atoms with Crippen molar-refractivity contribution in [1.82, 2.24) is 9.13 Å². The molecule has 28 heavy (non-hydrogen) atoms. The Morgan fingerprint density at radius 2 is 1.79 bits per heavy atom. The third-order valence-corrected chi connectivity index (χ3v) is 4.42. The maximum Gasteiger partial charge on any atom is 0.417 e. The fourth-order valence-corrected chi connectivity index (χ4v) is 3.12. The molecule has 0 aliphatic heterocycles. The fraction of sp³-hybridized carbons (Fsp3) is 0.200. The average Bonchev–Trinajstić information content (AvgIpc) is 2.90. The number of hydrogen-bond acceptors (Lipinski definition) is 2. The first-order chi connectivity index (χ1) is 13.1. The topological polar surface area (TPSA) is 44.0 Å². The molecule has 0 amide bonds. The summed E-state index contributed by atoms with van der Waals surface area (Å²) in [6.45, 7) is 2.85. The van der Waals surface area contributed by atoms with E-state index in [9.17, 15) is 27.2 Å². The van der Waals surface area contributed by atoms with E-state index in [1.54, 1.807) is 30.5 Å². The third-order valence-electron chi connectivity index (χ3n) is 4.42. The monoisotopic (exact) mass is 392 g/mol. The molecule has 4 nitrogen and oxygen atoms in total. The minimum Gasteiger partial charge on any atom is -0.318 e. The zero-order valence-corrected chi connectivity index (χ0v) is 15.0. The summed E-state index contributed by atoms with van der Waals surface area (Å²) in [7, 11) is 0. The molecule has 0 fully saturated rings. The summed E-state index contributed by atoms with van der Waals surface area (Å²) in [4.78, 5) is 24.6. The Morgan fingerprint density at radius 3 is 2.43 bits per heavy atom. The van der Waals surface area contributed by atoms with Crippen molar-refractivity contribution in [3.63, 3.8) is 0 Å². The van der Waals surface area contributed by atoms with Crippen molar-refractivity contribution in [2.45, 2.75) is 26.6 Å². The first kappa shape index (κ1) is 19.6. The van der Waals surface area contributed by atoms with Crippen molar-refractivity contribution < 1.29 is 22.4 Å². The number of carbonyl (C=O) groups excluding carboxylic acids is 1. The molecule has 0 N–H and O–H groups in total. The summed E-state index contributed by atoms with van der Waals surface area (Å²) < 4.78 is 54.5. The summed E-state index contributed by atoms with van der Waals surface area (Å²) >= 11 is 0. The molecule has 0 unspecified atom stereocenters. The van der Waals surface area contributed by atoms with Crippen LogP contribution < -0.4 is 5.56 Å². The van der Waals surface area contributed by atoms with Crippen LogP contribution in [0.25, 0.3) is 5.69 Å². The van der Waals surface area contributed by atoms with Crippen molar-refractivity contribution in [2.24, 2.45) is 0 Å². The molecule has 2 aromatic heterocycles. The van der Waals surface area contributed by atoms with Gasteiger partial charge in [-0.25, -0.2) is 4.39 Å². The largest absolute Gasteiger partial charge is 0.417 e. The number of hydrogen-bond donors (Lipinski definition) is 0. The predicted octanol–water partition coefficient (Wildman–Crippen LogP) is 4.30. The lowest BCUT2D eigenvalue weighted by Crippen LogP contribution is -2.25. The number of rotatable bonds is 4. The molecule has 0 saturated carbocycles. The molecule has 0 saturated heterocycles. The third kappa shape index (κ3) is 3.76. The first-order valence-electron chi connectivity index (χ1n) is 8.33. The molecule has 0 aliphatic rings. The van der Waals surface area contributed by atoms with Crippen molar-refractivity contribution in [1.29, 1.82) is 0 Å². The lowest BCUT2D eigenvalue weighted by atomic mass is 10.1. The lowest BCUT2D eigenvalue weighted by molar-refractivity contribution is -0.138. The smallest absolute Gasteiger partial charge is 0.318 e. The van der Waals surface area contributed by atoms with Crippen LogP contribution in [0.4, 0.5) is 17.6 Å². The van der Waals surface area contributed by atoms with E-state index < -0.39 is 35.4 Å². The molecular formula is C20H16F4N2O2. The average molecular weight is 392 g/mol. The molecule has 0 radical (unpaired) electrons. The molecule has 8 heteroatoms. The number of benzene rings is 1. The van der Waals surface area contributed by atoms with Crippen molar-refractivity contribution >= 4 is 5.78 Å². The molecule has 2 heterocycles. The van der Waals surface area contributed by atoms with Crippen molar-refractivity contribution in [2.75, 3.05) is 0 Å². The Hall–Kier alpha value is -3.16. The second kappa shape index (κ2) is 7.10. The molecule has 0 spiro atoms. The van der Waals surface area contributed by atoms with Gasteiger partial charge in [0.1, 0.15) is 5.82 Å². The SMILES string of the molecule is Cc1cc(C(=O)Cn2cc(C(F)(F)F)ccc2=O)c(C)n1-c1cccc(F)c1. The number of pyridine rings is 1. The van der Waals surface area contributed by atoms with Crippen LogP contribution in [0.5, 0.6) is 0 Å². The Morgan fingerprint density at radius 1 is 1.07 bits per heavy atom. The lowest BCUT2D eigenvalue weighted by Gasteiger charge is -2.11. The minimum atomic E-state index is -4.62. The predicted molar refractivity (Wildman–Crippen MR) is 95.2 cm³/mol. The number of nitrogens with zero attached hydrogens (tertiary/aromatic N) is 2.